The first-order valence-electron chi connectivity index (χ1n) is 8.40. The van der Waals surface area contributed by atoms with Crippen molar-refractivity contribution < 1.29 is 9.47 Å². The molecule has 3 rings (SSSR count). The van der Waals surface area contributed by atoms with Crippen LogP contribution in [0.3, 0.4) is 0 Å². The van der Waals surface area contributed by atoms with Gasteiger partial charge in [0.05, 0.1) is 7.11 Å². The Morgan fingerprint density at radius 1 is 1.32 bits per heavy atom. The highest BCUT2D eigenvalue weighted by molar-refractivity contribution is 5.50. The van der Waals surface area contributed by atoms with Crippen LogP contribution < -0.4 is 14.8 Å². The second-order valence-corrected chi connectivity index (χ2v) is 6.84. The van der Waals surface area contributed by atoms with Gasteiger partial charge in [0, 0.05) is 17.6 Å². The highest BCUT2D eigenvalue weighted by atomic mass is 16.5. The number of para-hydroxylation sites is 1. The van der Waals surface area contributed by atoms with Crippen molar-refractivity contribution in [1.82, 2.24) is 10.2 Å². The standard InChI is InChI=1S/C18H28N2O2/c1-18(10-6-11-19-18)15-8-4-9-16(21-3)17(15)22-14-7-5-12-20(2)13-14/h4,8-9,14,19H,5-7,10-13H2,1-3H3. The number of piperidine rings is 1. The number of ether oxygens (including phenoxy) is 2. The van der Waals surface area contributed by atoms with Gasteiger partial charge in [0.1, 0.15) is 6.10 Å². The third-order valence-corrected chi connectivity index (χ3v) is 5.03. The van der Waals surface area contributed by atoms with Crippen molar-refractivity contribution in [2.45, 2.75) is 44.2 Å². The number of likely N-dealkylation sites (N-methyl/N-ethyl adjacent to an activating group) is 1. The summed E-state index contributed by atoms with van der Waals surface area (Å²) in [5, 5.41) is 3.64. The number of nitrogens with zero attached hydrogens (tertiary/aromatic N) is 1. The number of rotatable bonds is 4. The molecule has 4 heteroatoms. The fraction of sp³-hybridized carbons (Fsp3) is 0.667. The fourth-order valence-corrected chi connectivity index (χ4v) is 3.74. The summed E-state index contributed by atoms with van der Waals surface area (Å²) in [6.07, 6.45) is 4.91. The second-order valence-electron chi connectivity index (χ2n) is 6.84. The quantitative estimate of drug-likeness (QED) is 0.927. The van der Waals surface area contributed by atoms with Crippen molar-refractivity contribution >= 4 is 0 Å². The van der Waals surface area contributed by atoms with Gasteiger partial charge in [-0.25, -0.2) is 0 Å². The van der Waals surface area contributed by atoms with Gasteiger partial charge in [0.25, 0.3) is 0 Å². The van der Waals surface area contributed by atoms with Gasteiger partial charge in [0.15, 0.2) is 11.5 Å². The maximum absolute atomic E-state index is 6.45. The van der Waals surface area contributed by atoms with Gasteiger partial charge >= 0.3 is 0 Å². The third-order valence-electron chi connectivity index (χ3n) is 5.03. The molecule has 122 valence electrons. The van der Waals surface area contributed by atoms with Crippen molar-refractivity contribution in [2.24, 2.45) is 0 Å². The zero-order valence-electron chi connectivity index (χ0n) is 14.0. The lowest BCUT2D eigenvalue weighted by Gasteiger charge is -2.33. The Morgan fingerprint density at radius 2 is 2.18 bits per heavy atom. The minimum atomic E-state index is -0.00948. The number of likely N-dealkylation sites (tertiary alicyclic amines) is 1. The molecule has 2 fully saturated rings. The van der Waals surface area contributed by atoms with E-state index in [0.29, 0.717) is 0 Å². The Balaban J connectivity index is 1.90. The first kappa shape index (κ1) is 15.6. The van der Waals surface area contributed by atoms with Gasteiger partial charge < -0.3 is 19.7 Å². The molecule has 2 aliphatic rings. The zero-order chi connectivity index (χ0) is 15.6. The van der Waals surface area contributed by atoms with E-state index in [1.165, 1.54) is 18.4 Å². The van der Waals surface area contributed by atoms with E-state index in [4.69, 9.17) is 9.47 Å². The van der Waals surface area contributed by atoms with E-state index < -0.39 is 0 Å². The summed E-state index contributed by atoms with van der Waals surface area (Å²) >= 11 is 0. The van der Waals surface area contributed by atoms with Crippen LogP contribution in [-0.2, 0) is 5.54 Å². The minimum absolute atomic E-state index is 0.00948. The molecule has 2 heterocycles. The van der Waals surface area contributed by atoms with E-state index in [-0.39, 0.29) is 11.6 Å². The maximum Gasteiger partial charge on any atom is 0.166 e. The van der Waals surface area contributed by atoms with Gasteiger partial charge in [0.2, 0.25) is 0 Å². The van der Waals surface area contributed by atoms with Crippen LogP contribution in [0.1, 0.15) is 38.2 Å². The van der Waals surface area contributed by atoms with E-state index in [9.17, 15) is 0 Å². The first-order valence-corrected chi connectivity index (χ1v) is 8.40. The van der Waals surface area contributed by atoms with E-state index >= 15 is 0 Å². The number of benzene rings is 1. The Morgan fingerprint density at radius 3 is 2.86 bits per heavy atom. The van der Waals surface area contributed by atoms with Crippen LogP contribution in [0, 0.1) is 0 Å². The molecule has 2 aliphatic heterocycles. The van der Waals surface area contributed by atoms with Gasteiger partial charge in [-0.05, 0) is 58.8 Å². The molecular formula is C18H28N2O2. The lowest BCUT2D eigenvalue weighted by atomic mass is 9.89. The molecule has 0 aromatic heterocycles. The Hall–Kier alpha value is -1.26. The van der Waals surface area contributed by atoms with Gasteiger partial charge in [-0.3, -0.25) is 0 Å². The lowest BCUT2D eigenvalue weighted by Crippen LogP contribution is -2.39. The fourth-order valence-electron chi connectivity index (χ4n) is 3.74. The smallest absolute Gasteiger partial charge is 0.166 e. The van der Waals surface area contributed by atoms with Crippen molar-refractivity contribution in [1.29, 1.82) is 0 Å². The molecule has 2 unspecified atom stereocenters. The SMILES string of the molecule is COc1cccc(C2(C)CCCN2)c1OC1CCCN(C)C1. The summed E-state index contributed by atoms with van der Waals surface area (Å²) < 4.78 is 12.0. The molecule has 0 radical (unpaired) electrons. The first-order chi connectivity index (χ1) is 10.6. The molecule has 0 amide bonds. The highest BCUT2D eigenvalue weighted by Gasteiger charge is 2.34. The number of nitrogens with one attached hydrogen (secondary N) is 1. The number of methoxy groups -OCH3 is 1. The summed E-state index contributed by atoms with van der Waals surface area (Å²) in [5.74, 6) is 1.78. The predicted octanol–water partition coefficient (Wildman–Crippen LogP) is 2.77. The molecule has 0 spiro atoms. The molecule has 22 heavy (non-hydrogen) atoms. The molecule has 4 nitrogen and oxygen atoms in total. The van der Waals surface area contributed by atoms with Crippen LogP contribution in [0.2, 0.25) is 0 Å². The minimum Gasteiger partial charge on any atom is -0.493 e. The average Bonchev–Trinajstić information content (AvgIpc) is 2.95. The largest absolute Gasteiger partial charge is 0.493 e. The lowest BCUT2D eigenvalue weighted by molar-refractivity contribution is 0.0987. The van der Waals surface area contributed by atoms with E-state index in [2.05, 4.69) is 36.3 Å². The van der Waals surface area contributed by atoms with Crippen LogP contribution in [0.25, 0.3) is 0 Å². The summed E-state index contributed by atoms with van der Waals surface area (Å²) in [6, 6.07) is 6.26. The second kappa shape index (κ2) is 6.47. The summed E-state index contributed by atoms with van der Waals surface area (Å²) in [4.78, 5) is 2.35. The molecular weight excluding hydrogens is 276 g/mol. The molecule has 1 aromatic rings. The zero-order valence-corrected chi connectivity index (χ0v) is 14.0. The van der Waals surface area contributed by atoms with Crippen LogP contribution in [-0.4, -0.2) is 44.8 Å². The van der Waals surface area contributed by atoms with Crippen molar-refractivity contribution in [3.63, 3.8) is 0 Å². The third kappa shape index (κ3) is 3.08. The average molecular weight is 304 g/mol. The molecule has 0 saturated carbocycles. The van der Waals surface area contributed by atoms with E-state index in [1.54, 1.807) is 7.11 Å². The van der Waals surface area contributed by atoms with Crippen LogP contribution in [0.4, 0.5) is 0 Å². The molecule has 2 atom stereocenters. The van der Waals surface area contributed by atoms with E-state index in [0.717, 1.165) is 44.0 Å². The highest BCUT2D eigenvalue weighted by Crippen LogP contribution is 2.42. The Kier molecular flexibility index (Phi) is 4.59. The van der Waals surface area contributed by atoms with Crippen molar-refractivity contribution in [3.05, 3.63) is 23.8 Å². The Bertz CT molecular complexity index is 512. The van der Waals surface area contributed by atoms with Gasteiger partial charge in [-0.15, -0.1) is 0 Å². The molecule has 0 bridgehead atoms. The molecule has 2 saturated heterocycles. The van der Waals surface area contributed by atoms with Crippen molar-refractivity contribution in [3.8, 4) is 11.5 Å². The normalized spacial score (nSPS) is 29.5. The van der Waals surface area contributed by atoms with Crippen LogP contribution in [0.15, 0.2) is 18.2 Å². The predicted molar refractivity (Wildman–Crippen MR) is 88.7 cm³/mol. The van der Waals surface area contributed by atoms with Crippen LogP contribution >= 0.6 is 0 Å². The van der Waals surface area contributed by atoms with Crippen LogP contribution in [0.5, 0.6) is 11.5 Å². The molecule has 1 N–H and O–H groups in total. The molecule has 0 aliphatic carbocycles. The summed E-state index contributed by atoms with van der Waals surface area (Å²) in [5.41, 5.74) is 1.22. The Labute approximate surface area is 133 Å². The van der Waals surface area contributed by atoms with E-state index in [1.807, 2.05) is 6.07 Å². The maximum atomic E-state index is 6.45. The number of hydrogen-bond acceptors (Lipinski definition) is 4. The monoisotopic (exact) mass is 304 g/mol. The van der Waals surface area contributed by atoms with Crippen molar-refractivity contribution in [2.75, 3.05) is 33.8 Å². The van der Waals surface area contributed by atoms with Gasteiger partial charge in [-0.2, -0.15) is 0 Å². The number of hydrogen-bond donors (Lipinski definition) is 1. The van der Waals surface area contributed by atoms with Gasteiger partial charge in [-0.1, -0.05) is 12.1 Å². The summed E-state index contributed by atoms with van der Waals surface area (Å²) in [7, 11) is 3.89. The topological polar surface area (TPSA) is 33.7 Å². The molecule has 1 aromatic carbocycles. The summed E-state index contributed by atoms with van der Waals surface area (Å²) in [6.45, 7) is 5.49.